The van der Waals surface area contributed by atoms with Crippen molar-refractivity contribution in [3.05, 3.63) is 28.8 Å². The van der Waals surface area contributed by atoms with Gasteiger partial charge in [0.25, 0.3) is 0 Å². The minimum absolute atomic E-state index is 0.139. The van der Waals surface area contributed by atoms with Gasteiger partial charge in [0.15, 0.2) is 0 Å². The third-order valence-electron chi connectivity index (χ3n) is 4.16. The van der Waals surface area contributed by atoms with E-state index in [4.69, 9.17) is 10.5 Å². The van der Waals surface area contributed by atoms with Crippen LogP contribution in [0.15, 0.2) is 17.0 Å². The van der Waals surface area contributed by atoms with Crippen LogP contribution in [0.25, 0.3) is 0 Å². The molecule has 0 aliphatic carbocycles. The first kappa shape index (κ1) is 16.4. The van der Waals surface area contributed by atoms with Crippen LogP contribution in [-0.2, 0) is 21.3 Å². The summed E-state index contributed by atoms with van der Waals surface area (Å²) < 4.78 is 33.3. The Labute approximate surface area is 126 Å². The Bertz CT molecular complexity index is 608. The summed E-state index contributed by atoms with van der Waals surface area (Å²) in [5.41, 5.74) is 8.30. The van der Waals surface area contributed by atoms with Crippen molar-refractivity contribution in [1.29, 1.82) is 0 Å². The number of hydrogen-bond donors (Lipinski definition) is 2. The van der Waals surface area contributed by atoms with Gasteiger partial charge in [-0.25, -0.2) is 13.1 Å². The second-order valence-corrected chi connectivity index (χ2v) is 7.46. The lowest BCUT2D eigenvalue weighted by molar-refractivity contribution is 0.180. The van der Waals surface area contributed by atoms with E-state index in [1.807, 2.05) is 26.8 Å². The van der Waals surface area contributed by atoms with Crippen molar-refractivity contribution in [2.45, 2.75) is 44.7 Å². The van der Waals surface area contributed by atoms with Crippen LogP contribution in [0.1, 0.15) is 30.0 Å². The maximum atomic E-state index is 12.6. The zero-order chi connectivity index (χ0) is 15.6. The zero-order valence-corrected chi connectivity index (χ0v) is 13.7. The fourth-order valence-corrected chi connectivity index (χ4v) is 4.32. The van der Waals surface area contributed by atoms with E-state index in [0.717, 1.165) is 23.1 Å². The van der Waals surface area contributed by atoms with Gasteiger partial charge in [0, 0.05) is 25.1 Å². The van der Waals surface area contributed by atoms with E-state index < -0.39 is 10.0 Å². The molecule has 118 valence electrons. The summed E-state index contributed by atoms with van der Waals surface area (Å²) in [6.07, 6.45) is 0.893. The van der Waals surface area contributed by atoms with Crippen LogP contribution in [0, 0.1) is 19.8 Å². The smallest absolute Gasteiger partial charge is 0.241 e. The summed E-state index contributed by atoms with van der Waals surface area (Å²) in [6.45, 7) is 7.30. The molecule has 0 amide bonds. The molecule has 0 aromatic heterocycles. The molecule has 21 heavy (non-hydrogen) atoms. The molecular formula is C15H24N2O3S. The molecule has 2 rings (SSSR count). The largest absolute Gasteiger partial charge is 0.381 e. The highest BCUT2D eigenvalue weighted by Gasteiger charge is 2.27. The minimum atomic E-state index is -3.54. The van der Waals surface area contributed by atoms with Gasteiger partial charge in [-0.3, -0.25) is 0 Å². The molecule has 1 saturated heterocycles. The van der Waals surface area contributed by atoms with Gasteiger partial charge >= 0.3 is 0 Å². The Kier molecular flexibility index (Phi) is 5.03. The summed E-state index contributed by atoms with van der Waals surface area (Å²) in [5, 5.41) is 0. The number of hydrogen-bond acceptors (Lipinski definition) is 4. The normalized spacial score (nSPS) is 20.7. The van der Waals surface area contributed by atoms with Crippen molar-refractivity contribution in [3.63, 3.8) is 0 Å². The fourth-order valence-electron chi connectivity index (χ4n) is 2.74. The standard InChI is InChI=1S/C15H24N2O3S/c1-10-6-11(2)15(7-14(10)8-16)21(18,19)17-12(3)13-4-5-20-9-13/h6-7,12-13,17H,4-5,8-9,16H2,1-3H3. The van der Waals surface area contributed by atoms with Crippen LogP contribution >= 0.6 is 0 Å². The van der Waals surface area contributed by atoms with E-state index in [2.05, 4.69) is 4.72 Å². The molecule has 0 saturated carbocycles. The first-order chi connectivity index (χ1) is 9.85. The van der Waals surface area contributed by atoms with E-state index in [0.29, 0.717) is 24.7 Å². The van der Waals surface area contributed by atoms with Crippen molar-refractivity contribution in [1.82, 2.24) is 4.72 Å². The van der Waals surface area contributed by atoms with Crippen LogP contribution in [0.4, 0.5) is 0 Å². The third kappa shape index (κ3) is 3.63. The van der Waals surface area contributed by atoms with E-state index in [1.54, 1.807) is 6.07 Å². The van der Waals surface area contributed by atoms with Crippen molar-refractivity contribution in [2.24, 2.45) is 11.7 Å². The maximum absolute atomic E-state index is 12.6. The number of nitrogens with one attached hydrogen (secondary N) is 1. The zero-order valence-electron chi connectivity index (χ0n) is 12.8. The Morgan fingerprint density at radius 3 is 2.67 bits per heavy atom. The lowest BCUT2D eigenvalue weighted by Gasteiger charge is -2.20. The molecule has 0 bridgehead atoms. The van der Waals surface area contributed by atoms with E-state index >= 15 is 0 Å². The monoisotopic (exact) mass is 312 g/mol. The summed E-state index contributed by atoms with van der Waals surface area (Å²) in [6, 6.07) is 3.42. The summed E-state index contributed by atoms with van der Waals surface area (Å²) in [7, 11) is -3.54. The van der Waals surface area contributed by atoms with E-state index in [1.165, 1.54) is 0 Å². The summed E-state index contributed by atoms with van der Waals surface area (Å²) >= 11 is 0. The molecule has 1 aromatic rings. The van der Waals surface area contributed by atoms with Gasteiger partial charge in [0.05, 0.1) is 11.5 Å². The van der Waals surface area contributed by atoms with Crippen LogP contribution in [-0.4, -0.2) is 27.7 Å². The number of benzene rings is 1. The third-order valence-corrected chi connectivity index (χ3v) is 5.86. The van der Waals surface area contributed by atoms with Crippen LogP contribution in [0.3, 0.4) is 0 Å². The molecule has 0 radical (unpaired) electrons. The highest BCUT2D eigenvalue weighted by Crippen LogP contribution is 2.23. The molecule has 5 nitrogen and oxygen atoms in total. The molecule has 1 aliphatic rings. The molecule has 3 N–H and O–H groups in total. The Morgan fingerprint density at radius 2 is 2.10 bits per heavy atom. The quantitative estimate of drug-likeness (QED) is 0.862. The lowest BCUT2D eigenvalue weighted by atomic mass is 10.0. The van der Waals surface area contributed by atoms with Crippen molar-refractivity contribution in [3.8, 4) is 0 Å². The predicted molar refractivity (Wildman–Crippen MR) is 82.5 cm³/mol. The molecule has 6 heteroatoms. The number of sulfonamides is 1. The van der Waals surface area contributed by atoms with Gasteiger partial charge in [0.2, 0.25) is 10.0 Å². The maximum Gasteiger partial charge on any atom is 0.241 e. The molecule has 0 spiro atoms. The van der Waals surface area contributed by atoms with Crippen LogP contribution in [0.5, 0.6) is 0 Å². The molecule has 1 aromatic carbocycles. The second-order valence-electron chi connectivity index (χ2n) is 5.78. The predicted octanol–water partition coefficient (Wildman–Crippen LogP) is 1.47. The van der Waals surface area contributed by atoms with Gasteiger partial charge in [0.1, 0.15) is 0 Å². The number of aryl methyl sites for hydroxylation is 2. The van der Waals surface area contributed by atoms with Crippen molar-refractivity contribution >= 4 is 10.0 Å². The highest BCUT2D eigenvalue weighted by molar-refractivity contribution is 7.89. The summed E-state index contributed by atoms with van der Waals surface area (Å²) in [5.74, 6) is 0.236. The highest BCUT2D eigenvalue weighted by atomic mass is 32.2. The Morgan fingerprint density at radius 1 is 1.38 bits per heavy atom. The number of rotatable bonds is 5. The Hall–Kier alpha value is -0.950. The Balaban J connectivity index is 2.26. The average molecular weight is 312 g/mol. The topological polar surface area (TPSA) is 81.4 Å². The molecular weight excluding hydrogens is 288 g/mol. The number of nitrogens with two attached hydrogens (primary N) is 1. The average Bonchev–Trinajstić information content (AvgIpc) is 2.91. The second kappa shape index (κ2) is 6.44. The first-order valence-electron chi connectivity index (χ1n) is 7.25. The molecule has 2 atom stereocenters. The minimum Gasteiger partial charge on any atom is -0.381 e. The molecule has 2 unspecified atom stereocenters. The molecule has 1 aliphatic heterocycles. The van der Waals surface area contributed by atoms with Crippen molar-refractivity contribution in [2.75, 3.05) is 13.2 Å². The molecule has 1 fully saturated rings. The SMILES string of the molecule is Cc1cc(C)c(S(=O)(=O)NC(C)C2CCOC2)cc1CN. The lowest BCUT2D eigenvalue weighted by Crippen LogP contribution is -2.38. The number of ether oxygens (including phenoxy) is 1. The van der Waals surface area contributed by atoms with E-state index in [-0.39, 0.29) is 12.0 Å². The van der Waals surface area contributed by atoms with Crippen molar-refractivity contribution < 1.29 is 13.2 Å². The first-order valence-corrected chi connectivity index (χ1v) is 8.73. The van der Waals surface area contributed by atoms with Gasteiger partial charge in [-0.1, -0.05) is 6.07 Å². The van der Waals surface area contributed by atoms with Crippen LogP contribution < -0.4 is 10.5 Å². The van der Waals surface area contributed by atoms with Crippen LogP contribution in [0.2, 0.25) is 0 Å². The van der Waals surface area contributed by atoms with Gasteiger partial charge < -0.3 is 10.5 Å². The van der Waals surface area contributed by atoms with Gasteiger partial charge in [-0.2, -0.15) is 0 Å². The summed E-state index contributed by atoms with van der Waals surface area (Å²) in [4.78, 5) is 0.319. The fraction of sp³-hybridized carbons (Fsp3) is 0.600. The van der Waals surface area contributed by atoms with E-state index in [9.17, 15) is 8.42 Å². The molecule has 1 heterocycles. The van der Waals surface area contributed by atoms with Gasteiger partial charge in [-0.05, 0) is 49.9 Å². The van der Waals surface area contributed by atoms with Gasteiger partial charge in [-0.15, -0.1) is 0 Å².